The Labute approximate surface area is 87.4 Å². The van der Waals surface area contributed by atoms with Gasteiger partial charge in [-0.05, 0) is 17.7 Å². The molecule has 1 aromatic rings. The van der Waals surface area contributed by atoms with Crippen molar-refractivity contribution in [2.45, 2.75) is 6.42 Å². The van der Waals surface area contributed by atoms with Crippen molar-refractivity contribution in [2.24, 2.45) is 5.73 Å². The van der Waals surface area contributed by atoms with Gasteiger partial charge in [0, 0.05) is 0 Å². The van der Waals surface area contributed by atoms with Crippen LogP contribution in [0, 0.1) is 0 Å². The zero-order valence-electron chi connectivity index (χ0n) is 8.61. The third kappa shape index (κ3) is 2.52. The number of phenolic OH excluding ortho intramolecular Hbond substituents is 1. The first-order valence-electron chi connectivity index (χ1n) is 4.30. The van der Waals surface area contributed by atoms with Gasteiger partial charge in [-0.15, -0.1) is 0 Å². The Balaban J connectivity index is 3.14. The molecule has 3 N–H and O–H groups in total. The van der Waals surface area contributed by atoms with Crippen molar-refractivity contribution in [1.29, 1.82) is 0 Å². The van der Waals surface area contributed by atoms with Crippen molar-refractivity contribution in [3.05, 3.63) is 17.7 Å². The van der Waals surface area contributed by atoms with Crippen LogP contribution in [0.4, 0.5) is 0 Å². The van der Waals surface area contributed by atoms with Crippen LogP contribution in [0.3, 0.4) is 0 Å². The number of hydrogen-bond donors (Lipinski definition) is 2. The number of ether oxygens (including phenoxy) is 2. The van der Waals surface area contributed by atoms with Gasteiger partial charge in [-0.25, -0.2) is 0 Å². The highest BCUT2D eigenvalue weighted by atomic mass is 16.5. The molecule has 15 heavy (non-hydrogen) atoms. The SMILES string of the molecule is COc1cc(CC(N)=O)cc(OC)c1O. The van der Waals surface area contributed by atoms with Crippen molar-refractivity contribution in [3.8, 4) is 17.2 Å². The molecule has 0 atom stereocenters. The molecule has 1 rings (SSSR count). The Morgan fingerprint density at radius 2 is 1.80 bits per heavy atom. The first-order valence-corrected chi connectivity index (χ1v) is 4.30. The van der Waals surface area contributed by atoms with Crippen molar-refractivity contribution < 1.29 is 19.4 Å². The smallest absolute Gasteiger partial charge is 0.221 e. The number of aromatic hydroxyl groups is 1. The van der Waals surface area contributed by atoms with E-state index in [4.69, 9.17) is 15.2 Å². The molecule has 0 radical (unpaired) electrons. The molecule has 5 nitrogen and oxygen atoms in total. The number of benzene rings is 1. The molecule has 0 bridgehead atoms. The van der Waals surface area contributed by atoms with Crippen LogP contribution in [0.2, 0.25) is 0 Å². The van der Waals surface area contributed by atoms with Gasteiger partial charge in [0.25, 0.3) is 0 Å². The lowest BCUT2D eigenvalue weighted by atomic mass is 10.1. The summed E-state index contributed by atoms with van der Waals surface area (Å²) < 4.78 is 9.86. The topological polar surface area (TPSA) is 81.8 Å². The van der Waals surface area contributed by atoms with E-state index in [1.807, 2.05) is 0 Å². The number of hydrogen-bond acceptors (Lipinski definition) is 4. The number of methoxy groups -OCH3 is 2. The van der Waals surface area contributed by atoms with Gasteiger partial charge in [0.15, 0.2) is 11.5 Å². The standard InChI is InChI=1S/C10H13NO4/c1-14-7-3-6(5-9(11)12)4-8(15-2)10(7)13/h3-4,13H,5H2,1-2H3,(H2,11,12). The summed E-state index contributed by atoms with van der Waals surface area (Å²) in [6.07, 6.45) is 0.0764. The molecule has 82 valence electrons. The highest BCUT2D eigenvalue weighted by Gasteiger charge is 2.11. The fourth-order valence-corrected chi connectivity index (χ4v) is 1.25. The summed E-state index contributed by atoms with van der Waals surface area (Å²) in [6, 6.07) is 3.09. The van der Waals surface area contributed by atoms with E-state index in [0.29, 0.717) is 5.56 Å². The molecule has 0 aliphatic heterocycles. The van der Waals surface area contributed by atoms with Crippen molar-refractivity contribution in [2.75, 3.05) is 14.2 Å². The van der Waals surface area contributed by atoms with E-state index in [0.717, 1.165) is 0 Å². The van der Waals surface area contributed by atoms with Crippen LogP contribution < -0.4 is 15.2 Å². The number of rotatable bonds is 4. The normalized spacial score (nSPS) is 9.73. The predicted octanol–water partition coefficient (Wildman–Crippen LogP) is 0.437. The van der Waals surface area contributed by atoms with Gasteiger partial charge in [0.2, 0.25) is 11.7 Å². The number of primary amides is 1. The van der Waals surface area contributed by atoms with Gasteiger partial charge < -0.3 is 20.3 Å². The second-order valence-corrected chi connectivity index (χ2v) is 2.99. The maximum atomic E-state index is 10.7. The lowest BCUT2D eigenvalue weighted by Crippen LogP contribution is -2.13. The van der Waals surface area contributed by atoms with E-state index in [1.54, 1.807) is 12.1 Å². The third-order valence-electron chi connectivity index (χ3n) is 1.92. The Kier molecular flexibility index (Phi) is 3.38. The van der Waals surface area contributed by atoms with Crippen LogP contribution in [-0.4, -0.2) is 25.2 Å². The second-order valence-electron chi connectivity index (χ2n) is 2.99. The Bertz CT molecular complexity index is 351. The van der Waals surface area contributed by atoms with Gasteiger partial charge >= 0.3 is 0 Å². The number of nitrogens with two attached hydrogens (primary N) is 1. The summed E-state index contributed by atoms with van der Waals surface area (Å²) in [7, 11) is 2.84. The molecular formula is C10H13NO4. The summed E-state index contributed by atoms with van der Waals surface area (Å²) in [5.74, 6) is -0.0331. The Hall–Kier alpha value is -1.91. The Morgan fingerprint density at radius 1 is 1.33 bits per heavy atom. The van der Waals surface area contributed by atoms with Gasteiger partial charge in [0.1, 0.15) is 0 Å². The van der Waals surface area contributed by atoms with E-state index in [2.05, 4.69) is 0 Å². The van der Waals surface area contributed by atoms with Crippen molar-refractivity contribution in [3.63, 3.8) is 0 Å². The molecule has 1 aromatic carbocycles. The predicted molar refractivity (Wildman–Crippen MR) is 54.1 cm³/mol. The minimum atomic E-state index is -0.454. The van der Waals surface area contributed by atoms with Crippen LogP contribution in [0.5, 0.6) is 17.2 Å². The van der Waals surface area contributed by atoms with E-state index in [9.17, 15) is 9.90 Å². The first kappa shape index (κ1) is 11.2. The molecule has 0 fully saturated rings. The Morgan fingerprint density at radius 3 is 2.13 bits per heavy atom. The van der Waals surface area contributed by atoms with Crippen LogP contribution in [-0.2, 0) is 11.2 Å². The highest BCUT2D eigenvalue weighted by molar-refractivity contribution is 5.77. The van der Waals surface area contributed by atoms with E-state index in [1.165, 1.54) is 14.2 Å². The summed E-state index contributed by atoms with van der Waals surface area (Å²) in [6.45, 7) is 0. The van der Waals surface area contributed by atoms with E-state index in [-0.39, 0.29) is 23.7 Å². The number of carbonyl (C=O) groups is 1. The minimum Gasteiger partial charge on any atom is -0.502 e. The first-order chi connectivity index (χ1) is 7.08. The maximum Gasteiger partial charge on any atom is 0.221 e. The fourth-order valence-electron chi connectivity index (χ4n) is 1.25. The number of carbonyl (C=O) groups excluding carboxylic acids is 1. The van der Waals surface area contributed by atoms with Gasteiger partial charge in [-0.3, -0.25) is 4.79 Å². The lowest BCUT2D eigenvalue weighted by molar-refractivity contribution is -0.117. The molecule has 0 aliphatic carbocycles. The fraction of sp³-hybridized carbons (Fsp3) is 0.300. The highest BCUT2D eigenvalue weighted by Crippen LogP contribution is 2.37. The van der Waals surface area contributed by atoms with Gasteiger partial charge in [0.05, 0.1) is 20.6 Å². The zero-order valence-corrected chi connectivity index (χ0v) is 8.61. The van der Waals surface area contributed by atoms with Crippen LogP contribution in [0.25, 0.3) is 0 Å². The molecule has 0 spiro atoms. The molecule has 5 heteroatoms. The van der Waals surface area contributed by atoms with Crippen molar-refractivity contribution >= 4 is 5.91 Å². The van der Waals surface area contributed by atoms with Gasteiger partial charge in [-0.1, -0.05) is 0 Å². The van der Waals surface area contributed by atoms with E-state index < -0.39 is 5.91 Å². The quantitative estimate of drug-likeness (QED) is 0.757. The maximum absolute atomic E-state index is 10.7. The molecular weight excluding hydrogens is 198 g/mol. The molecule has 1 amide bonds. The largest absolute Gasteiger partial charge is 0.502 e. The number of amides is 1. The lowest BCUT2D eigenvalue weighted by Gasteiger charge is -2.10. The molecule has 0 aliphatic rings. The molecule has 0 saturated carbocycles. The van der Waals surface area contributed by atoms with E-state index >= 15 is 0 Å². The molecule has 0 saturated heterocycles. The van der Waals surface area contributed by atoms with Crippen LogP contribution in [0.1, 0.15) is 5.56 Å². The summed E-state index contributed by atoms with van der Waals surface area (Å²) in [4.78, 5) is 10.7. The monoisotopic (exact) mass is 211 g/mol. The molecule has 0 unspecified atom stereocenters. The average molecular weight is 211 g/mol. The van der Waals surface area contributed by atoms with Crippen LogP contribution >= 0.6 is 0 Å². The third-order valence-corrected chi connectivity index (χ3v) is 1.92. The zero-order chi connectivity index (χ0) is 11.4. The van der Waals surface area contributed by atoms with Crippen LogP contribution in [0.15, 0.2) is 12.1 Å². The average Bonchev–Trinajstić information content (AvgIpc) is 2.19. The second kappa shape index (κ2) is 4.54. The summed E-state index contributed by atoms with van der Waals surface area (Å²) in [5, 5.41) is 9.58. The number of phenols is 1. The van der Waals surface area contributed by atoms with Gasteiger partial charge in [-0.2, -0.15) is 0 Å². The molecule has 0 heterocycles. The molecule has 0 aromatic heterocycles. The van der Waals surface area contributed by atoms with Crippen molar-refractivity contribution in [1.82, 2.24) is 0 Å². The summed E-state index contributed by atoms with van der Waals surface area (Å²) in [5.41, 5.74) is 5.70. The minimum absolute atomic E-state index is 0.0764. The summed E-state index contributed by atoms with van der Waals surface area (Å²) >= 11 is 0.